The topological polar surface area (TPSA) is 78.8 Å². The number of hydrogen-bond donors (Lipinski definition) is 1. The molecule has 122 valence electrons. The van der Waals surface area contributed by atoms with Gasteiger partial charge in [-0.15, -0.1) is 4.40 Å². The van der Waals surface area contributed by atoms with Gasteiger partial charge in [0.15, 0.2) is 0 Å². The zero-order valence-electron chi connectivity index (χ0n) is 12.8. The summed E-state index contributed by atoms with van der Waals surface area (Å²) in [5.74, 6) is 0.418. The number of fused-ring (bicyclic) bond motifs is 3. The molecule has 1 N–H and O–H groups in total. The van der Waals surface area contributed by atoms with Gasteiger partial charge in [-0.2, -0.15) is 8.42 Å². The van der Waals surface area contributed by atoms with E-state index < -0.39 is 10.0 Å². The van der Waals surface area contributed by atoms with Gasteiger partial charge in [0.1, 0.15) is 10.7 Å². The SMILES string of the molecule is O=C(NC1CC1)c1ccc2c(c1)S(=O)(=O)N=C1CCCCCN12. The van der Waals surface area contributed by atoms with Crippen molar-refractivity contribution in [3.8, 4) is 0 Å². The number of carbonyl (C=O) groups is 1. The maximum absolute atomic E-state index is 12.5. The highest BCUT2D eigenvalue weighted by atomic mass is 32.2. The van der Waals surface area contributed by atoms with Crippen molar-refractivity contribution in [1.29, 1.82) is 0 Å². The number of hydrogen-bond acceptors (Lipinski definition) is 4. The van der Waals surface area contributed by atoms with E-state index in [0.717, 1.165) is 38.6 Å². The molecule has 0 atom stereocenters. The fourth-order valence-electron chi connectivity index (χ4n) is 3.12. The smallest absolute Gasteiger partial charge is 0.286 e. The van der Waals surface area contributed by atoms with Crippen molar-refractivity contribution in [3.05, 3.63) is 23.8 Å². The number of nitrogens with one attached hydrogen (secondary N) is 1. The van der Waals surface area contributed by atoms with E-state index >= 15 is 0 Å². The summed E-state index contributed by atoms with van der Waals surface area (Å²) < 4.78 is 29.0. The minimum absolute atomic E-state index is 0.145. The lowest BCUT2D eigenvalue weighted by molar-refractivity contribution is 0.0951. The Morgan fingerprint density at radius 3 is 2.83 bits per heavy atom. The third kappa shape index (κ3) is 2.73. The largest absolute Gasteiger partial charge is 0.349 e. The van der Waals surface area contributed by atoms with Crippen LogP contribution in [0, 0.1) is 0 Å². The second kappa shape index (κ2) is 5.33. The number of carbonyl (C=O) groups excluding carboxylic acids is 1. The van der Waals surface area contributed by atoms with E-state index in [-0.39, 0.29) is 16.8 Å². The van der Waals surface area contributed by atoms with Crippen LogP contribution >= 0.6 is 0 Å². The Hall–Kier alpha value is -1.89. The van der Waals surface area contributed by atoms with Crippen LogP contribution in [-0.2, 0) is 10.0 Å². The van der Waals surface area contributed by atoms with E-state index in [1.165, 1.54) is 6.07 Å². The van der Waals surface area contributed by atoms with Crippen LogP contribution < -0.4 is 10.2 Å². The molecule has 0 radical (unpaired) electrons. The van der Waals surface area contributed by atoms with Crippen LogP contribution in [0.25, 0.3) is 0 Å². The third-order valence-corrected chi connectivity index (χ3v) is 5.86. The molecule has 1 saturated heterocycles. The monoisotopic (exact) mass is 333 g/mol. The first-order chi connectivity index (χ1) is 11.0. The Labute approximate surface area is 135 Å². The summed E-state index contributed by atoms with van der Waals surface area (Å²) in [7, 11) is -3.73. The summed E-state index contributed by atoms with van der Waals surface area (Å²) >= 11 is 0. The van der Waals surface area contributed by atoms with Crippen LogP contribution in [-0.4, -0.2) is 32.7 Å². The maximum atomic E-state index is 12.5. The van der Waals surface area contributed by atoms with Crippen LogP contribution in [0.4, 0.5) is 5.69 Å². The molecule has 0 spiro atoms. The van der Waals surface area contributed by atoms with E-state index in [9.17, 15) is 13.2 Å². The Morgan fingerprint density at radius 2 is 2.04 bits per heavy atom. The van der Waals surface area contributed by atoms with Crippen LogP contribution in [0.15, 0.2) is 27.5 Å². The molecular formula is C16H19N3O3S. The van der Waals surface area contributed by atoms with E-state index in [1.54, 1.807) is 12.1 Å². The lowest BCUT2D eigenvalue weighted by atomic mass is 10.1. The highest BCUT2D eigenvalue weighted by molar-refractivity contribution is 7.90. The summed E-state index contributed by atoms with van der Waals surface area (Å²) in [6, 6.07) is 5.16. The summed E-state index contributed by atoms with van der Waals surface area (Å²) in [4.78, 5) is 14.3. The molecule has 7 heteroatoms. The lowest BCUT2D eigenvalue weighted by Gasteiger charge is -2.29. The van der Waals surface area contributed by atoms with Crippen LogP contribution in [0.3, 0.4) is 0 Å². The predicted octanol–water partition coefficient (Wildman–Crippen LogP) is 2.06. The van der Waals surface area contributed by atoms with Crippen molar-refractivity contribution in [2.24, 2.45) is 4.40 Å². The molecule has 2 fully saturated rings. The number of sulfonamides is 1. The van der Waals surface area contributed by atoms with Crippen molar-refractivity contribution >= 4 is 27.5 Å². The molecule has 0 aromatic heterocycles. The van der Waals surface area contributed by atoms with Crippen LogP contribution in [0.1, 0.15) is 48.9 Å². The molecule has 1 saturated carbocycles. The van der Waals surface area contributed by atoms with Crippen molar-refractivity contribution in [2.75, 3.05) is 11.4 Å². The molecule has 0 unspecified atom stereocenters. The quantitative estimate of drug-likeness (QED) is 0.898. The van der Waals surface area contributed by atoms with Gasteiger partial charge in [0.25, 0.3) is 15.9 Å². The van der Waals surface area contributed by atoms with E-state index in [4.69, 9.17) is 0 Å². The van der Waals surface area contributed by atoms with Gasteiger partial charge in [0.05, 0.1) is 5.69 Å². The second-order valence-corrected chi connectivity index (χ2v) is 7.95. The van der Waals surface area contributed by atoms with E-state index in [1.807, 2.05) is 4.90 Å². The first-order valence-corrected chi connectivity index (χ1v) is 9.55. The van der Waals surface area contributed by atoms with Gasteiger partial charge in [-0.3, -0.25) is 4.79 Å². The number of anilines is 1. The molecule has 1 aromatic carbocycles. The molecule has 1 aliphatic carbocycles. The Bertz CT molecular complexity index is 797. The van der Waals surface area contributed by atoms with Gasteiger partial charge >= 0.3 is 0 Å². The first kappa shape index (κ1) is 14.7. The van der Waals surface area contributed by atoms with Gasteiger partial charge in [0, 0.05) is 24.6 Å². The molecule has 2 aliphatic heterocycles. The van der Waals surface area contributed by atoms with Crippen LogP contribution in [0.5, 0.6) is 0 Å². The van der Waals surface area contributed by atoms with Crippen LogP contribution in [0.2, 0.25) is 0 Å². The van der Waals surface area contributed by atoms with Gasteiger partial charge in [-0.05, 0) is 43.9 Å². The minimum atomic E-state index is -3.73. The zero-order valence-corrected chi connectivity index (χ0v) is 13.6. The molecule has 4 rings (SSSR count). The Kier molecular flexibility index (Phi) is 3.41. The van der Waals surface area contributed by atoms with Crippen molar-refractivity contribution < 1.29 is 13.2 Å². The molecule has 23 heavy (non-hydrogen) atoms. The zero-order chi connectivity index (χ0) is 16.0. The van der Waals surface area contributed by atoms with Crippen molar-refractivity contribution in [3.63, 3.8) is 0 Å². The standard InChI is InChI=1S/C16H19N3O3S/c20-16(17-12-6-7-12)11-5-8-13-14(10-11)23(21,22)18-15-4-2-1-3-9-19(13)15/h5,8,10,12H,1-4,6-7,9H2,(H,17,20). The number of amides is 1. The molecule has 1 aromatic rings. The second-order valence-electron chi connectivity index (χ2n) is 6.38. The number of nitrogens with zero attached hydrogens (tertiary/aromatic N) is 2. The van der Waals surface area contributed by atoms with Gasteiger partial charge in [-0.25, -0.2) is 0 Å². The first-order valence-electron chi connectivity index (χ1n) is 8.11. The average molecular weight is 333 g/mol. The summed E-state index contributed by atoms with van der Waals surface area (Å²) in [6.07, 6.45) is 5.73. The predicted molar refractivity (Wildman–Crippen MR) is 87.4 cm³/mol. The van der Waals surface area contributed by atoms with Gasteiger partial charge in [-0.1, -0.05) is 6.42 Å². The lowest BCUT2D eigenvalue weighted by Crippen LogP contribution is -2.35. The van der Waals surface area contributed by atoms with Gasteiger partial charge < -0.3 is 10.2 Å². The molecular weight excluding hydrogens is 314 g/mol. The minimum Gasteiger partial charge on any atom is -0.349 e. The van der Waals surface area contributed by atoms with Crippen molar-refractivity contribution in [1.82, 2.24) is 5.32 Å². The molecule has 3 aliphatic rings. The summed E-state index contributed by atoms with van der Waals surface area (Å²) in [5, 5.41) is 2.89. The highest BCUT2D eigenvalue weighted by Gasteiger charge is 2.32. The van der Waals surface area contributed by atoms with Gasteiger partial charge in [0.2, 0.25) is 0 Å². The molecule has 0 bridgehead atoms. The number of rotatable bonds is 2. The Morgan fingerprint density at radius 1 is 1.22 bits per heavy atom. The summed E-state index contributed by atoms with van der Waals surface area (Å²) in [6.45, 7) is 0.773. The highest BCUT2D eigenvalue weighted by Crippen LogP contribution is 2.35. The normalized spacial score (nSPS) is 22.4. The Balaban J connectivity index is 1.75. The fourth-order valence-corrected chi connectivity index (χ4v) is 4.40. The molecule has 1 amide bonds. The fraction of sp³-hybridized carbons (Fsp3) is 0.500. The number of benzene rings is 1. The molecule has 6 nitrogen and oxygen atoms in total. The maximum Gasteiger partial charge on any atom is 0.286 e. The molecule has 2 heterocycles. The van der Waals surface area contributed by atoms with E-state index in [2.05, 4.69) is 9.71 Å². The van der Waals surface area contributed by atoms with E-state index in [0.29, 0.717) is 23.5 Å². The van der Waals surface area contributed by atoms with Crippen molar-refractivity contribution in [2.45, 2.75) is 49.5 Å². The number of amidine groups is 1. The summed E-state index contributed by atoms with van der Waals surface area (Å²) in [5.41, 5.74) is 1.03. The third-order valence-electron chi connectivity index (χ3n) is 4.52. The average Bonchev–Trinajstić information content (AvgIpc) is 3.33.